The van der Waals surface area contributed by atoms with E-state index in [1.54, 1.807) is 19.1 Å². The molecule has 0 bridgehead atoms. The fraction of sp³-hybridized carbons (Fsp3) is 0.423. The fourth-order valence-corrected chi connectivity index (χ4v) is 5.20. The van der Waals surface area contributed by atoms with Gasteiger partial charge in [-0.15, -0.1) is 0 Å². The summed E-state index contributed by atoms with van der Waals surface area (Å²) in [5.41, 5.74) is 1.80. The van der Waals surface area contributed by atoms with Crippen molar-refractivity contribution in [3.63, 3.8) is 0 Å². The molecule has 0 spiro atoms. The standard InChI is InChI=1S/C26H31ClFN3O4S/c1-17-8-10-20(11-9-17)29-24(32)15-36(35)16-25(33)31(21-12-13-23(28)22(27)14-21)18(2)26(34)30-19-6-4-3-5-7-19/h8-14,18-19H,3-7,15-16H2,1-2H3,(H,29,32)(H,30,34)/t18-,36+/m1/s1. The van der Waals surface area contributed by atoms with Crippen LogP contribution in [0.2, 0.25) is 5.02 Å². The Labute approximate surface area is 218 Å². The summed E-state index contributed by atoms with van der Waals surface area (Å²) < 4.78 is 26.5. The van der Waals surface area contributed by atoms with E-state index in [4.69, 9.17) is 11.6 Å². The van der Waals surface area contributed by atoms with Gasteiger partial charge in [-0.2, -0.15) is 0 Å². The normalized spacial score (nSPS) is 15.6. The lowest BCUT2D eigenvalue weighted by Crippen LogP contribution is -2.52. The lowest BCUT2D eigenvalue weighted by Gasteiger charge is -2.31. The molecule has 1 fully saturated rings. The van der Waals surface area contributed by atoms with Crippen molar-refractivity contribution in [2.45, 2.75) is 58.0 Å². The molecule has 36 heavy (non-hydrogen) atoms. The topological polar surface area (TPSA) is 95.6 Å². The number of carbonyl (C=O) groups excluding carboxylic acids is 3. The number of nitrogens with one attached hydrogen (secondary N) is 2. The van der Waals surface area contributed by atoms with E-state index in [0.717, 1.165) is 43.7 Å². The van der Waals surface area contributed by atoms with Crippen LogP contribution >= 0.6 is 11.6 Å². The molecule has 0 aliphatic heterocycles. The minimum absolute atomic E-state index is 0.0297. The summed E-state index contributed by atoms with van der Waals surface area (Å²) in [4.78, 5) is 39.8. The van der Waals surface area contributed by atoms with Crippen LogP contribution < -0.4 is 15.5 Å². The monoisotopic (exact) mass is 535 g/mol. The molecule has 0 unspecified atom stereocenters. The second-order valence-electron chi connectivity index (χ2n) is 9.02. The number of nitrogens with zero attached hydrogens (tertiary/aromatic N) is 1. The molecule has 0 saturated heterocycles. The molecule has 0 aromatic heterocycles. The molecular formula is C26H31ClFN3O4S. The van der Waals surface area contributed by atoms with Gasteiger partial charge in [0, 0.05) is 28.2 Å². The van der Waals surface area contributed by atoms with Gasteiger partial charge in [-0.25, -0.2) is 4.39 Å². The summed E-state index contributed by atoms with van der Waals surface area (Å²) in [6.45, 7) is 3.48. The van der Waals surface area contributed by atoms with Crippen molar-refractivity contribution in [2.24, 2.45) is 0 Å². The molecule has 2 aromatic carbocycles. The van der Waals surface area contributed by atoms with Crippen molar-refractivity contribution in [2.75, 3.05) is 21.7 Å². The van der Waals surface area contributed by atoms with Crippen LogP contribution in [-0.4, -0.2) is 45.5 Å². The molecular weight excluding hydrogens is 505 g/mol. The van der Waals surface area contributed by atoms with Crippen LogP contribution in [0.25, 0.3) is 0 Å². The van der Waals surface area contributed by atoms with E-state index < -0.39 is 40.2 Å². The second kappa shape index (κ2) is 13.0. The summed E-state index contributed by atoms with van der Waals surface area (Å²) in [7, 11) is -1.84. The first-order valence-corrected chi connectivity index (χ1v) is 13.8. The highest BCUT2D eigenvalue weighted by molar-refractivity contribution is 7.86. The van der Waals surface area contributed by atoms with Crippen LogP contribution in [0.3, 0.4) is 0 Å². The molecule has 2 aromatic rings. The quantitative estimate of drug-likeness (QED) is 0.499. The summed E-state index contributed by atoms with van der Waals surface area (Å²) >= 11 is 5.94. The maximum atomic E-state index is 13.8. The number of anilines is 2. The second-order valence-corrected chi connectivity index (χ2v) is 10.9. The minimum atomic E-state index is -1.84. The molecule has 194 valence electrons. The Hall–Kier alpha value is -2.78. The van der Waals surface area contributed by atoms with Crippen LogP contribution in [0.5, 0.6) is 0 Å². The molecule has 2 N–H and O–H groups in total. The third-order valence-corrected chi connectivity index (χ3v) is 7.52. The van der Waals surface area contributed by atoms with E-state index in [1.165, 1.54) is 17.0 Å². The zero-order chi connectivity index (χ0) is 26.2. The van der Waals surface area contributed by atoms with E-state index in [-0.39, 0.29) is 28.4 Å². The SMILES string of the molecule is Cc1ccc(NC(=O)C[S@](=O)CC(=O)N(c2ccc(F)c(Cl)c2)[C@H](C)C(=O)NC2CCCCC2)cc1. The molecule has 1 aliphatic rings. The zero-order valence-electron chi connectivity index (χ0n) is 20.4. The Morgan fingerprint density at radius 3 is 2.39 bits per heavy atom. The van der Waals surface area contributed by atoms with Crippen molar-refractivity contribution in [1.82, 2.24) is 5.32 Å². The minimum Gasteiger partial charge on any atom is -0.352 e. The van der Waals surface area contributed by atoms with Crippen molar-refractivity contribution in [3.8, 4) is 0 Å². The Balaban J connectivity index is 1.70. The number of hydrogen-bond donors (Lipinski definition) is 2. The Bertz CT molecular complexity index is 1120. The van der Waals surface area contributed by atoms with Gasteiger partial charge in [-0.1, -0.05) is 48.6 Å². The van der Waals surface area contributed by atoms with Gasteiger partial charge >= 0.3 is 0 Å². The summed E-state index contributed by atoms with van der Waals surface area (Å²) in [5.74, 6) is -3.03. The van der Waals surface area contributed by atoms with Crippen LogP contribution in [0.4, 0.5) is 15.8 Å². The van der Waals surface area contributed by atoms with Gasteiger partial charge in [0.05, 0.1) is 5.02 Å². The molecule has 7 nitrogen and oxygen atoms in total. The molecule has 2 atom stereocenters. The van der Waals surface area contributed by atoms with Gasteiger partial charge in [0.1, 0.15) is 23.4 Å². The Morgan fingerprint density at radius 1 is 1.08 bits per heavy atom. The molecule has 0 heterocycles. The number of carbonyl (C=O) groups is 3. The molecule has 1 aliphatic carbocycles. The molecule has 3 rings (SSSR count). The highest BCUT2D eigenvalue weighted by Crippen LogP contribution is 2.25. The van der Waals surface area contributed by atoms with Gasteiger partial charge in [-0.05, 0) is 57.0 Å². The highest BCUT2D eigenvalue weighted by Gasteiger charge is 2.30. The van der Waals surface area contributed by atoms with Crippen LogP contribution in [0.15, 0.2) is 42.5 Å². The van der Waals surface area contributed by atoms with E-state index in [0.29, 0.717) is 5.69 Å². The molecule has 0 radical (unpaired) electrons. The van der Waals surface area contributed by atoms with Crippen LogP contribution in [-0.2, 0) is 25.2 Å². The first-order valence-electron chi connectivity index (χ1n) is 11.9. The van der Waals surface area contributed by atoms with Gasteiger partial charge in [0.25, 0.3) is 0 Å². The van der Waals surface area contributed by atoms with Gasteiger partial charge in [0.15, 0.2) is 0 Å². The fourth-order valence-electron chi connectivity index (χ4n) is 4.14. The van der Waals surface area contributed by atoms with Crippen LogP contribution in [0, 0.1) is 12.7 Å². The lowest BCUT2D eigenvalue weighted by molar-refractivity contribution is -0.126. The Kier molecular flexibility index (Phi) is 10.0. The number of aryl methyl sites for hydroxylation is 1. The maximum absolute atomic E-state index is 13.8. The van der Waals surface area contributed by atoms with Crippen LogP contribution in [0.1, 0.15) is 44.6 Å². The largest absolute Gasteiger partial charge is 0.352 e. The average Bonchev–Trinajstić information content (AvgIpc) is 2.83. The lowest BCUT2D eigenvalue weighted by atomic mass is 9.95. The van der Waals surface area contributed by atoms with Crippen molar-refractivity contribution in [3.05, 3.63) is 58.9 Å². The predicted molar refractivity (Wildman–Crippen MR) is 141 cm³/mol. The number of halogens is 2. The first-order chi connectivity index (χ1) is 17.1. The number of hydrogen-bond acceptors (Lipinski definition) is 4. The van der Waals surface area contributed by atoms with E-state index in [1.807, 2.05) is 19.1 Å². The van der Waals surface area contributed by atoms with Gasteiger partial charge in [0.2, 0.25) is 17.7 Å². The number of rotatable bonds is 9. The van der Waals surface area contributed by atoms with Crippen molar-refractivity contribution < 1.29 is 23.0 Å². The average molecular weight is 536 g/mol. The van der Waals surface area contributed by atoms with Gasteiger partial charge < -0.3 is 10.6 Å². The Morgan fingerprint density at radius 2 is 1.75 bits per heavy atom. The van der Waals surface area contributed by atoms with E-state index >= 15 is 0 Å². The first kappa shape index (κ1) is 27.8. The highest BCUT2D eigenvalue weighted by atomic mass is 35.5. The van der Waals surface area contributed by atoms with Crippen molar-refractivity contribution in [1.29, 1.82) is 0 Å². The van der Waals surface area contributed by atoms with Crippen molar-refractivity contribution >= 4 is 51.5 Å². The van der Waals surface area contributed by atoms with Gasteiger partial charge in [-0.3, -0.25) is 23.5 Å². The molecule has 10 heteroatoms. The zero-order valence-corrected chi connectivity index (χ0v) is 22.0. The maximum Gasteiger partial charge on any atom is 0.243 e. The summed E-state index contributed by atoms with van der Waals surface area (Å²) in [6.07, 6.45) is 4.92. The molecule has 3 amide bonds. The third kappa shape index (κ3) is 7.86. The van der Waals surface area contributed by atoms with E-state index in [2.05, 4.69) is 10.6 Å². The molecule has 1 saturated carbocycles. The predicted octanol–water partition coefficient (Wildman–Crippen LogP) is 4.35. The number of amides is 3. The van der Waals surface area contributed by atoms with E-state index in [9.17, 15) is 23.0 Å². The smallest absolute Gasteiger partial charge is 0.243 e. The third-order valence-electron chi connectivity index (χ3n) is 6.08. The summed E-state index contributed by atoms with van der Waals surface area (Å²) in [5, 5.41) is 5.44. The number of benzene rings is 2. The summed E-state index contributed by atoms with van der Waals surface area (Å²) in [6, 6.07) is 9.91.